The third-order valence-corrected chi connectivity index (χ3v) is 1.56. The van der Waals surface area contributed by atoms with Crippen LogP contribution in [0.5, 0.6) is 0 Å². The number of hydrogen-bond donors (Lipinski definition) is 0. The molecule has 0 bridgehead atoms. The smallest absolute Gasteiger partial charge is 0.142 e. The molecule has 0 N–H and O–H groups in total. The minimum atomic E-state index is -0.624. The first-order valence-electron chi connectivity index (χ1n) is 3.98. The molecule has 3 heteroatoms. The van der Waals surface area contributed by atoms with Gasteiger partial charge in [0.05, 0.1) is 0 Å². The highest BCUT2D eigenvalue weighted by Gasteiger charge is 2.02. The van der Waals surface area contributed by atoms with Gasteiger partial charge in [0.15, 0.2) is 0 Å². The van der Waals surface area contributed by atoms with Crippen molar-refractivity contribution in [2.24, 2.45) is 0 Å². The van der Waals surface area contributed by atoms with Crippen LogP contribution in [0.2, 0.25) is 0 Å². The Bertz CT molecular complexity index is 361. The number of halogens is 2. The third kappa shape index (κ3) is 2.62. The Morgan fingerprint density at radius 2 is 1.64 bits per heavy atom. The van der Waals surface area contributed by atoms with Gasteiger partial charge in [-0.25, -0.2) is 8.78 Å². The van der Waals surface area contributed by atoms with Gasteiger partial charge in [0.25, 0.3) is 0 Å². The third-order valence-electron chi connectivity index (χ3n) is 1.56. The van der Waals surface area contributed by atoms with Crippen molar-refractivity contribution in [3.05, 3.63) is 53.6 Å². The highest BCUT2D eigenvalue weighted by Crippen LogP contribution is 2.13. The largest absolute Gasteiger partial charge is 0.299 e. The van der Waals surface area contributed by atoms with Gasteiger partial charge in [0.1, 0.15) is 17.9 Å². The highest BCUT2D eigenvalue weighted by atomic mass is 19.1. The lowest BCUT2D eigenvalue weighted by Crippen LogP contribution is -1.86. The van der Waals surface area contributed by atoms with E-state index < -0.39 is 11.6 Å². The van der Waals surface area contributed by atoms with Crippen molar-refractivity contribution in [2.75, 3.05) is 0 Å². The molecule has 0 unspecified atom stereocenters. The number of hydrogen-bond acceptors (Lipinski definition) is 1. The molecule has 1 aromatic carbocycles. The molecule has 0 aliphatic rings. The van der Waals surface area contributed by atoms with Gasteiger partial charge in [-0.2, -0.15) is 0 Å². The summed E-state index contributed by atoms with van der Waals surface area (Å²) in [7, 11) is 0. The predicted molar refractivity (Wildman–Crippen MR) is 50.6 cm³/mol. The van der Waals surface area contributed by atoms with Gasteiger partial charge < -0.3 is 0 Å². The molecule has 0 saturated carbocycles. The Hall–Kier alpha value is -1.77. The molecule has 0 amide bonds. The summed E-state index contributed by atoms with van der Waals surface area (Å²) < 4.78 is 25.9. The van der Waals surface area contributed by atoms with E-state index in [1.54, 1.807) is 0 Å². The first kappa shape index (κ1) is 10.3. The zero-order chi connectivity index (χ0) is 10.4. The second kappa shape index (κ2) is 5.07. The number of aldehydes is 1. The van der Waals surface area contributed by atoms with Gasteiger partial charge in [-0.05, 0) is 24.3 Å². The van der Waals surface area contributed by atoms with E-state index in [0.717, 1.165) is 0 Å². The fraction of sp³-hybridized carbons (Fsp3) is 0. The zero-order valence-electron chi connectivity index (χ0n) is 7.28. The summed E-state index contributed by atoms with van der Waals surface area (Å²) in [4.78, 5) is 9.88. The first-order chi connectivity index (χ1) is 6.75. The molecular formula is C11H8F2O. The molecule has 0 spiro atoms. The minimum Gasteiger partial charge on any atom is -0.299 e. The Kier molecular flexibility index (Phi) is 3.73. The summed E-state index contributed by atoms with van der Waals surface area (Å²) in [5, 5.41) is 0. The molecule has 0 atom stereocenters. The monoisotopic (exact) mass is 194 g/mol. The Labute approximate surface area is 80.4 Å². The molecule has 0 heterocycles. The van der Waals surface area contributed by atoms with E-state index >= 15 is 0 Å². The Balaban J connectivity index is 2.90. The number of carbonyl (C=O) groups excluding carboxylic acids is 1. The van der Waals surface area contributed by atoms with Crippen LogP contribution in [-0.2, 0) is 4.79 Å². The van der Waals surface area contributed by atoms with E-state index in [1.165, 1.54) is 42.5 Å². The van der Waals surface area contributed by atoms with Gasteiger partial charge in [0.2, 0.25) is 0 Å². The molecule has 0 aliphatic heterocycles. The van der Waals surface area contributed by atoms with Crippen molar-refractivity contribution in [2.45, 2.75) is 0 Å². The first-order valence-corrected chi connectivity index (χ1v) is 3.98. The van der Waals surface area contributed by atoms with Gasteiger partial charge in [-0.15, -0.1) is 0 Å². The minimum absolute atomic E-state index is 0.108. The van der Waals surface area contributed by atoms with Crippen molar-refractivity contribution in [3.63, 3.8) is 0 Å². The van der Waals surface area contributed by atoms with E-state index in [-0.39, 0.29) is 5.56 Å². The molecule has 0 radical (unpaired) electrons. The van der Waals surface area contributed by atoms with E-state index in [0.29, 0.717) is 6.29 Å². The molecule has 1 nitrogen and oxygen atoms in total. The second-order valence-corrected chi connectivity index (χ2v) is 2.52. The second-order valence-electron chi connectivity index (χ2n) is 2.52. The van der Waals surface area contributed by atoms with Crippen LogP contribution in [0.1, 0.15) is 5.56 Å². The molecule has 0 aliphatic carbocycles. The summed E-state index contributed by atoms with van der Waals surface area (Å²) in [6.07, 6.45) is 5.89. The maximum absolute atomic E-state index is 13.0. The number of rotatable bonds is 3. The van der Waals surface area contributed by atoms with Crippen LogP contribution in [0, 0.1) is 11.6 Å². The van der Waals surface area contributed by atoms with E-state index in [2.05, 4.69) is 0 Å². The molecule has 14 heavy (non-hydrogen) atoms. The average Bonchev–Trinajstić information content (AvgIpc) is 2.16. The Morgan fingerprint density at radius 1 is 1.00 bits per heavy atom. The van der Waals surface area contributed by atoms with Crippen molar-refractivity contribution in [1.82, 2.24) is 0 Å². The van der Waals surface area contributed by atoms with Crippen LogP contribution in [0.25, 0.3) is 6.08 Å². The summed E-state index contributed by atoms with van der Waals surface area (Å²) in [6.45, 7) is 0. The van der Waals surface area contributed by atoms with Crippen LogP contribution in [0.3, 0.4) is 0 Å². The van der Waals surface area contributed by atoms with Crippen LogP contribution in [-0.4, -0.2) is 6.29 Å². The molecule has 0 saturated heterocycles. The molecule has 0 aromatic heterocycles. The SMILES string of the molecule is O=CC=CC=Cc1c(F)cccc1F. The quantitative estimate of drug-likeness (QED) is 0.410. The predicted octanol–water partition coefficient (Wildman–Crippen LogP) is 2.73. The number of benzene rings is 1. The standard InChI is InChI=1S/C11H8F2O/c12-10-6-4-7-11(13)9(10)5-2-1-3-8-14/h1-8H. The van der Waals surface area contributed by atoms with Gasteiger partial charge in [0, 0.05) is 5.56 Å². The van der Waals surface area contributed by atoms with Crippen molar-refractivity contribution < 1.29 is 13.6 Å². The summed E-state index contributed by atoms with van der Waals surface area (Å²) in [5.41, 5.74) is -0.108. The summed E-state index contributed by atoms with van der Waals surface area (Å²) >= 11 is 0. The van der Waals surface area contributed by atoms with Gasteiger partial charge in [-0.3, -0.25) is 4.79 Å². The average molecular weight is 194 g/mol. The maximum atomic E-state index is 13.0. The van der Waals surface area contributed by atoms with Crippen LogP contribution >= 0.6 is 0 Å². The topological polar surface area (TPSA) is 17.1 Å². The zero-order valence-corrected chi connectivity index (χ0v) is 7.28. The van der Waals surface area contributed by atoms with Crippen molar-refractivity contribution in [1.29, 1.82) is 0 Å². The lowest BCUT2D eigenvalue weighted by molar-refractivity contribution is -0.104. The molecule has 0 fully saturated rings. The molecule has 72 valence electrons. The Morgan fingerprint density at radius 3 is 2.21 bits per heavy atom. The summed E-state index contributed by atoms with van der Waals surface area (Å²) in [5.74, 6) is -1.25. The fourth-order valence-corrected chi connectivity index (χ4v) is 0.931. The van der Waals surface area contributed by atoms with Crippen LogP contribution in [0.4, 0.5) is 8.78 Å². The van der Waals surface area contributed by atoms with E-state index in [9.17, 15) is 13.6 Å². The lowest BCUT2D eigenvalue weighted by atomic mass is 10.2. The maximum Gasteiger partial charge on any atom is 0.142 e. The van der Waals surface area contributed by atoms with Crippen LogP contribution < -0.4 is 0 Å². The van der Waals surface area contributed by atoms with Crippen LogP contribution in [0.15, 0.2) is 36.4 Å². The van der Waals surface area contributed by atoms with Crippen molar-refractivity contribution in [3.8, 4) is 0 Å². The lowest BCUT2D eigenvalue weighted by Gasteiger charge is -1.96. The normalized spacial score (nSPS) is 11.3. The highest BCUT2D eigenvalue weighted by molar-refractivity contribution is 5.66. The number of carbonyl (C=O) groups is 1. The van der Waals surface area contributed by atoms with E-state index in [4.69, 9.17) is 0 Å². The van der Waals surface area contributed by atoms with Gasteiger partial charge >= 0.3 is 0 Å². The summed E-state index contributed by atoms with van der Waals surface area (Å²) in [6, 6.07) is 3.64. The molecular weight excluding hydrogens is 186 g/mol. The molecule has 1 rings (SSSR count). The fourth-order valence-electron chi connectivity index (χ4n) is 0.931. The van der Waals surface area contributed by atoms with Crippen molar-refractivity contribution >= 4 is 12.4 Å². The number of allylic oxidation sites excluding steroid dienone is 3. The molecule has 1 aromatic rings. The van der Waals surface area contributed by atoms with E-state index in [1.807, 2.05) is 0 Å². The van der Waals surface area contributed by atoms with Gasteiger partial charge in [-0.1, -0.05) is 18.2 Å².